The van der Waals surface area contributed by atoms with E-state index >= 15 is 0 Å². The molecule has 0 saturated heterocycles. The average Bonchev–Trinajstić information content (AvgIpc) is 2.68. The Labute approximate surface area is 187 Å². The highest BCUT2D eigenvalue weighted by molar-refractivity contribution is 7.91. The molecule has 0 aliphatic rings. The van der Waals surface area contributed by atoms with Crippen LogP contribution in [0.2, 0.25) is 5.02 Å². The number of nitrogens with one attached hydrogen (secondary N) is 1. The van der Waals surface area contributed by atoms with Crippen LogP contribution in [0, 0.1) is 0 Å². The smallest absolute Gasteiger partial charge is 0.373 e. The molecule has 0 bridgehead atoms. The number of nitrogens with zero attached hydrogens (tertiary/aromatic N) is 1. The quantitative estimate of drug-likeness (QED) is 0.611. The zero-order valence-corrected chi connectivity index (χ0v) is 19.2. The molecule has 0 spiro atoms. The number of anilines is 1. The Kier molecular flexibility index (Phi) is 7.03. The van der Waals surface area contributed by atoms with Gasteiger partial charge in [0.05, 0.1) is 25.4 Å². The molecular weight excluding hydrogens is 497 g/mol. The van der Waals surface area contributed by atoms with Crippen LogP contribution in [-0.2, 0) is 24.7 Å². The molecule has 2 aromatic carbocycles. The van der Waals surface area contributed by atoms with Crippen molar-refractivity contribution in [3.05, 3.63) is 47.5 Å². The first kappa shape index (κ1) is 26.1. The Hall–Kier alpha value is -2.19. The van der Waals surface area contributed by atoms with Crippen molar-refractivity contribution in [3.8, 4) is 0 Å². The number of aliphatic hydroxyl groups is 1. The minimum atomic E-state index is -5.25. The molecule has 2 rings (SSSR count). The van der Waals surface area contributed by atoms with Gasteiger partial charge in [0.15, 0.2) is 0 Å². The van der Waals surface area contributed by atoms with Gasteiger partial charge < -0.3 is 10.4 Å². The van der Waals surface area contributed by atoms with E-state index in [9.17, 15) is 39.9 Å². The fourth-order valence-electron chi connectivity index (χ4n) is 2.27. The molecule has 1 atom stereocenters. The molecule has 0 aliphatic heterocycles. The van der Waals surface area contributed by atoms with Gasteiger partial charge in [-0.2, -0.15) is 13.2 Å². The monoisotopic (exact) mass is 514 g/mol. The normalized spacial score (nSPS) is 14.8. The SMILES string of the molecule is CN(C)S(=O)(=O)c1ccc(S(=O)(=O)c2ccc(NC(=O)C(C)(O)C(F)(F)F)c(Cl)c2)cc1. The third kappa shape index (κ3) is 4.91. The van der Waals surface area contributed by atoms with Crippen LogP contribution in [0.5, 0.6) is 0 Å². The van der Waals surface area contributed by atoms with Gasteiger partial charge in [-0.15, -0.1) is 0 Å². The number of hydrogen-bond donors (Lipinski definition) is 2. The van der Waals surface area contributed by atoms with Crippen LogP contribution in [0.15, 0.2) is 57.2 Å². The Morgan fingerprint density at radius 2 is 1.44 bits per heavy atom. The number of sulfone groups is 1. The summed E-state index contributed by atoms with van der Waals surface area (Å²) in [6, 6.07) is 7.23. The number of alkyl halides is 3. The standard InChI is InChI=1S/C18H18ClF3N2O6S2/c1-17(26,18(20,21)22)16(25)23-15-9-8-13(10-14(15)19)31(27,28)11-4-6-12(7-5-11)32(29,30)24(2)3/h4-10,26H,1-3H3,(H,23,25). The molecule has 2 aromatic rings. The number of benzene rings is 2. The van der Waals surface area contributed by atoms with Gasteiger partial charge in [-0.25, -0.2) is 21.1 Å². The first-order chi connectivity index (χ1) is 14.4. The minimum absolute atomic E-state index is 0.130. The lowest BCUT2D eigenvalue weighted by atomic mass is 10.1. The number of carbonyl (C=O) groups is 1. The third-order valence-corrected chi connectivity index (χ3v) is 8.32. The molecule has 176 valence electrons. The highest BCUT2D eigenvalue weighted by Crippen LogP contribution is 2.33. The highest BCUT2D eigenvalue weighted by atomic mass is 35.5. The van der Waals surface area contributed by atoms with Gasteiger partial charge in [0.25, 0.3) is 5.91 Å². The summed E-state index contributed by atoms with van der Waals surface area (Å²) >= 11 is 5.92. The predicted octanol–water partition coefficient (Wildman–Crippen LogP) is 2.67. The van der Waals surface area contributed by atoms with E-state index in [-0.39, 0.29) is 27.3 Å². The first-order valence-electron chi connectivity index (χ1n) is 8.60. The minimum Gasteiger partial charge on any atom is -0.373 e. The number of halogens is 4. The van der Waals surface area contributed by atoms with Crippen LogP contribution in [0.3, 0.4) is 0 Å². The molecule has 0 saturated carbocycles. The van der Waals surface area contributed by atoms with E-state index < -0.39 is 42.6 Å². The van der Waals surface area contributed by atoms with E-state index in [0.717, 1.165) is 46.8 Å². The van der Waals surface area contributed by atoms with Gasteiger partial charge in [-0.3, -0.25) is 4.79 Å². The van der Waals surface area contributed by atoms with Gasteiger partial charge in [0.1, 0.15) is 0 Å². The number of hydrogen-bond acceptors (Lipinski definition) is 6. The summed E-state index contributed by atoms with van der Waals surface area (Å²) in [6.07, 6.45) is -5.25. The van der Waals surface area contributed by atoms with Crippen LogP contribution < -0.4 is 5.32 Å². The van der Waals surface area contributed by atoms with Crippen molar-refractivity contribution < 1.29 is 39.9 Å². The molecule has 1 unspecified atom stereocenters. The van der Waals surface area contributed by atoms with E-state index in [0.29, 0.717) is 0 Å². The third-order valence-electron chi connectivity index (χ3n) is 4.41. The van der Waals surface area contributed by atoms with E-state index in [1.54, 1.807) is 5.32 Å². The van der Waals surface area contributed by atoms with Gasteiger partial charge in [0, 0.05) is 14.1 Å². The lowest BCUT2D eigenvalue weighted by Crippen LogP contribution is -2.52. The molecule has 8 nitrogen and oxygen atoms in total. The molecule has 0 heterocycles. The summed E-state index contributed by atoms with van der Waals surface area (Å²) in [4.78, 5) is 11.0. The fraction of sp³-hybridized carbons (Fsp3) is 0.278. The van der Waals surface area contributed by atoms with Crippen molar-refractivity contribution in [2.24, 2.45) is 0 Å². The molecule has 14 heteroatoms. The number of rotatable bonds is 6. The van der Waals surface area contributed by atoms with Crippen molar-refractivity contribution >= 4 is 43.1 Å². The lowest BCUT2D eigenvalue weighted by molar-refractivity contribution is -0.242. The van der Waals surface area contributed by atoms with Gasteiger partial charge in [-0.1, -0.05) is 11.6 Å². The highest BCUT2D eigenvalue weighted by Gasteiger charge is 2.55. The Bertz CT molecular complexity index is 1240. The molecule has 2 N–H and O–H groups in total. The fourth-order valence-corrected chi connectivity index (χ4v) is 4.76. The Morgan fingerprint density at radius 3 is 1.88 bits per heavy atom. The van der Waals surface area contributed by atoms with Gasteiger partial charge >= 0.3 is 6.18 Å². The maximum absolute atomic E-state index is 12.8. The Morgan fingerprint density at radius 1 is 0.969 bits per heavy atom. The average molecular weight is 515 g/mol. The van der Waals surface area contributed by atoms with Gasteiger partial charge in [0.2, 0.25) is 25.5 Å². The lowest BCUT2D eigenvalue weighted by Gasteiger charge is -2.25. The zero-order valence-electron chi connectivity index (χ0n) is 16.8. The second-order valence-corrected chi connectivity index (χ2v) is 11.4. The largest absolute Gasteiger partial charge is 0.426 e. The molecule has 32 heavy (non-hydrogen) atoms. The second-order valence-electron chi connectivity index (χ2n) is 6.93. The van der Waals surface area contributed by atoms with Crippen LogP contribution in [-0.4, -0.2) is 58.0 Å². The molecule has 0 aromatic heterocycles. The van der Waals surface area contributed by atoms with Crippen molar-refractivity contribution in [1.29, 1.82) is 0 Å². The van der Waals surface area contributed by atoms with Crippen molar-refractivity contribution in [1.82, 2.24) is 4.31 Å². The van der Waals surface area contributed by atoms with Crippen LogP contribution in [0.1, 0.15) is 6.92 Å². The second kappa shape index (κ2) is 8.63. The summed E-state index contributed by atoms with van der Waals surface area (Å²) in [5.41, 5.74) is -4.05. The van der Waals surface area contributed by atoms with Gasteiger partial charge in [-0.05, 0) is 49.4 Å². The molecular formula is C18H18ClF3N2O6S2. The van der Waals surface area contributed by atoms with E-state index in [1.807, 2.05) is 0 Å². The van der Waals surface area contributed by atoms with E-state index in [4.69, 9.17) is 11.6 Å². The first-order valence-corrected chi connectivity index (χ1v) is 11.9. The van der Waals surface area contributed by atoms with Crippen molar-refractivity contribution in [3.63, 3.8) is 0 Å². The summed E-state index contributed by atoms with van der Waals surface area (Å²) < 4.78 is 89.1. The number of amides is 1. The van der Waals surface area contributed by atoms with Crippen LogP contribution in [0.4, 0.5) is 18.9 Å². The van der Waals surface area contributed by atoms with E-state index in [2.05, 4.69) is 0 Å². The number of sulfonamides is 1. The summed E-state index contributed by atoms with van der Waals surface area (Å²) in [6.45, 7) is 0.259. The molecule has 0 fully saturated rings. The Balaban J connectivity index is 2.35. The summed E-state index contributed by atoms with van der Waals surface area (Å²) in [5, 5.41) is 10.8. The zero-order chi connectivity index (χ0) is 24.7. The summed E-state index contributed by atoms with van der Waals surface area (Å²) in [7, 11) is -5.32. The predicted molar refractivity (Wildman–Crippen MR) is 110 cm³/mol. The topological polar surface area (TPSA) is 121 Å². The molecule has 0 aliphatic carbocycles. The van der Waals surface area contributed by atoms with Crippen molar-refractivity contribution in [2.75, 3.05) is 19.4 Å². The molecule has 1 amide bonds. The maximum atomic E-state index is 12.8. The van der Waals surface area contributed by atoms with E-state index in [1.165, 1.54) is 14.1 Å². The summed E-state index contributed by atoms with van der Waals surface area (Å²) in [5.74, 6) is -1.81. The number of carbonyl (C=O) groups excluding carboxylic acids is 1. The van der Waals surface area contributed by atoms with Crippen molar-refractivity contribution in [2.45, 2.75) is 33.4 Å². The van der Waals surface area contributed by atoms with Crippen LogP contribution in [0.25, 0.3) is 0 Å². The van der Waals surface area contributed by atoms with Crippen LogP contribution >= 0.6 is 11.6 Å². The molecule has 0 radical (unpaired) electrons. The maximum Gasteiger partial charge on any atom is 0.426 e.